The van der Waals surface area contributed by atoms with Gasteiger partial charge < -0.3 is 9.94 Å². The van der Waals surface area contributed by atoms with Crippen molar-refractivity contribution in [3.8, 4) is 5.75 Å². The Kier molecular flexibility index (Phi) is 4.37. The van der Waals surface area contributed by atoms with Gasteiger partial charge in [-0.2, -0.15) is 0 Å². The van der Waals surface area contributed by atoms with Crippen LogP contribution >= 0.6 is 0 Å². The van der Waals surface area contributed by atoms with Gasteiger partial charge in [-0.3, -0.25) is 0 Å². The Balaban J connectivity index is 1.55. The third kappa shape index (κ3) is 2.99. The average Bonchev–Trinajstić information content (AvgIpc) is 2.68. The minimum atomic E-state index is -0.273. The molecule has 0 aliphatic heterocycles. The number of hydrogen-bond acceptors (Lipinski definition) is 3. The predicted octanol–water partition coefficient (Wildman–Crippen LogP) is 5.68. The molecule has 4 heteroatoms. The maximum absolute atomic E-state index is 15.7. The molecule has 4 bridgehead atoms. The van der Waals surface area contributed by atoms with Gasteiger partial charge in [0.2, 0.25) is 0 Å². The summed E-state index contributed by atoms with van der Waals surface area (Å²) in [5.41, 5.74) is 1.99. The summed E-state index contributed by atoms with van der Waals surface area (Å²) in [4.78, 5) is 0. The van der Waals surface area contributed by atoms with Crippen molar-refractivity contribution in [3.63, 3.8) is 0 Å². The summed E-state index contributed by atoms with van der Waals surface area (Å²) >= 11 is 0. The third-order valence-corrected chi connectivity index (χ3v) is 7.14. The molecule has 0 radical (unpaired) electrons. The van der Waals surface area contributed by atoms with Crippen molar-refractivity contribution < 1.29 is 14.3 Å². The molecule has 4 aliphatic carbocycles. The topological polar surface area (TPSA) is 41.8 Å². The van der Waals surface area contributed by atoms with Gasteiger partial charge in [-0.15, -0.1) is 0 Å². The van der Waals surface area contributed by atoms with E-state index in [4.69, 9.17) is 9.94 Å². The van der Waals surface area contributed by atoms with Gasteiger partial charge in [-0.1, -0.05) is 35.5 Å². The largest absolute Gasteiger partial charge is 0.488 e. The SMILES string of the molecule is ON=Cc1ccc(OCc2ccccc2)c(C23CC4CC(CC(C4)C2)C3)c1F. The Labute approximate surface area is 165 Å². The number of benzene rings is 2. The summed E-state index contributed by atoms with van der Waals surface area (Å²) in [6, 6.07) is 13.5. The van der Waals surface area contributed by atoms with E-state index in [2.05, 4.69) is 5.16 Å². The van der Waals surface area contributed by atoms with Crippen LogP contribution in [0, 0.1) is 23.6 Å². The molecule has 0 aromatic heterocycles. The van der Waals surface area contributed by atoms with E-state index in [1.807, 2.05) is 36.4 Å². The Bertz CT molecular complexity index is 858. The van der Waals surface area contributed by atoms with Gasteiger partial charge in [0.1, 0.15) is 18.2 Å². The first kappa shape index (κ1) is 17.7. The molecule has 0 amide bonds. The minimum absolute atomic E-state index is 0.135. The van der Waals surface area contributed by atoms with Crippen LogP contribution in [0.15, 0.2) is 47.6 Å². The molecular weight excluding hydrogens is 353 g/mol. The van der Waals surface area contributed by atoms with Gasteiger partial charge in [0, 0.05) is 16.5 Å². The van der Waals surface area contributed by atoms with Crippen molar-refractivity contribution in [1.29, 1.82) is 0 Å². The van der Waals surface area contributed by atoms with Crippen LogP contribution in [-0.2, 0) is 12.0 Å². The lowest BCUT2D eigenvalue weighted by Crippen LogP contribution is -2.49. The second-order valence-electron chi connectivity index (χ2n) is 9.06. The molecular formula is C24H26FNO2. The molecule has 4 aliphatic rings. The van der Waals surface area contributed by atoms with Crippen molar-refractivity contribution in [2.75, 3.05) is 0 Å². The number of hydrogen-bond donors (Lipinski definition) is 1. The second kappa shape index (κ2) is 6.91. The maximum atomic E-state index is 15.7. The number of oxime groups is 1. The summed E-state index contributed by atoms with van der Waals surface area (Å²) in [5, 5.41) is 12.0. The van der Waals surface area contributed by atoms with E-state index >= 15 is 4.39 Å². The highest BCUT2D eigenvalue weighted by Gasteiger charge is 2.53. The van der Waals surface area contributed by atoms with Crippen LogP contribution in [-0.4, -0.2) is 11.4 Å². The first-order valence-corrected chi connectivity index (χ1v) is 10.3. The fourth-order valence-electron chi connectivity index (χ4n) is 6.50. The van der Waals surface area contributed by atoms with E-state index in [-0.39, 0.29) is 11.2 Å². The first-order chi connectivity index (χ1) is 13.7. The maximum Gasteiger partial charge on any atom is 0.139 e. The molecule has 3 nitrogen and oxygen atoms in total. The van der Waals surface area contributed by atoms with E-state index in [1.54, 1.807) is 6.07 Å². The zero-order chi connectivity index (χ0) is 19.1. The van der Waals surface area contributed by atoms with E-state index in [0.717, 1.165) is 30.4 Å². The lowest BCUT2D eigenvalue weighted by molar-refractivity contribution is -0.00813. The van der Waals surface area contributed by atoms with Crippen molar-refractivity contribution in [1.82, 2.24) is 0 Å². The van der Waals surface area contributed by atoms with Gasteiger partial charge in [-0.05, 0) is 74.0 Å². The number of nitrogens with zero attached hydrogens (tertiary/aromatic N) is 1. The molecule has 6 rings (SSSR count). The zero-order valence-electron chi connectivity index (χ0n) is 16.0. The quantitative estimate of drug-likeness (QED) is 0.412. The van der Waals surface area contributed by atoms with Crippen LogP contribution < -0.4 is 4.74 Å². The fourth-order valence-corrected chi connectivity index (χ4v) is 6.50. The smallest absolute Gasteiger partial charge is 0.139 e. The Morgan fingerprint density at radius 2 is 1.64 bits per heavy atom. The molecule has 2 aromatic rings. The monoisotopic (exact) mass is 379 g/mol. The van der Waals surface area contributed by atoms with Crippen molar-refractivity contribution >= 4 is 6.21 Å². The van der Waals surface area contributed by atoms with Gasteiger partial charge in [0.25, 0.3) is 0 Å². The number of rotatable bonds is 5. The molecule has 0 atom stereocenters. The summed E-state index contributed by atoms with van der Waals surface area (Å²) in [7, 11) is 0. The Hall–Kier alpha value is -2.36. The third-order valence-electron chi connectivity index (χ3n) is 7.14. The number of ether oxygens (including phenoxy) is 1. The van der Waals surface area contributed by atoms with Gasteiger partial charge >= 0.3 is 0 Å². The Morgan fingerprint density at radius 1 is 1.00 bits per heavy atom. The van der Waals surface area contributed by atoms with Crippen molar-refractivity contribution in [2.45, 2.75) is 50.5 Å². The molecule has 28 heavy (non-hydrogen) atoms. The van der Waals surface area contributed by atoms with E-state index < -0.39 is 0 Å². The Morgan fingerprint density at radius 3 is 2.25 bits per heavy atom. The molecule has 4 saturated carbocycles. The predicted molar refractivity (Wildman–Crippen MR) is 106 cm³/mol. The van der Waals surface area contributed by atoms with Gasteiger partial charge in [-0.25, -0.2) is 4.39 Å². The second-order valence-corrected chi connectivity index (χ2v) is 9.06. The van der Waals surface area contributed by atoms with Crippen LogP contribution in [0.1, 0.15) is 55.2 Å². The minimum Gasteiger partial charge on any atom is -0.488 e. The summed E-state index contributed by atoms with van der Waals surface area (Å²) in [5.74, 6) is 2.51. The molecule has 1 N–H and O–H groups in total. The highest BCUT2D eigenvalue weighted by Crippen LogP contribution is 2.62. The lowest BCUT2D eigenvalue weighted by Gasteiger charge is -2.57. The lowest BCUT2D eigenvalue weighted by atomic mass is 9.48. The molecule has 4 fully saturated rings. The summed E-state index contributed by atoms with van der Waals surface area (Å²) in [6.45, 7) is 0.424. The van der Waals surface area contributed by atoms with Crippen LogP contribution in [0.5, 0.6) is 5.75 Å². The summed E-state index contributed by atoms with van der Waals surface area (Å²) < 4.78 is 21.9. The van der Waals surface area contributed by atoms with E-state index in [9.17, 15) is 0 Å². The normalized spacial score (nSPS) is 30.8. The fraction of sp³-hybridized carbons (Fsp3) is 0.458. The van der Waals surface area contributed by atoms with Crippen molar-refractivity contribution in [2.24, 2.45) is 22.9 Å². The van der Waals surface area contributed by atoms with Crippen molar-refractivity contribution in [3.05, 3.63) is 65.0 Å². The summed E-state index contributed by atoms with van der Waals surface area (Å²) in [6.07, 6.45) is 8.27. The van der Waals surface area contributed by atoms with Crippen LogP contribution in [0.25, 0.3) is 0 Å². The first-order valence-electron chi connectivity index (χ1n) is 10.3. The molecule has 0 unspecified atom stereocenters. The molecule has 0 heterocycles. The van der Waals surface area contributed by atoms with Crippen LogP contribution in [0.2, 0.25) is 0 Å². The molecule has 2 aromatic carbocycles. The van der Waals surface area contributed by atoms with Gasteiger partial charge in [0.05, 0.1) is 6.21 Å². The standard InChI is InChI=1S/C24H26FNO2/c25-23-20(14-26-27)6-7-21(28-15-16-4-2-1-3-5-16)22(23)24-11-17-8-18(12-24)10-19(9-17)13-24/h1-7,14,17-19,27H,8-13,15H2. The highest BCUT2D eigenvalue weighted by atomic mass is 19.1. The van der Waals surface area contributed by atoms with E-state index in [0.29, 0.717) is 35.7 Å². The van der Waals surface area contributed by atoms with E-state index in [1.165, 1.54) is 25.5 Å². The van der Waals surface area contributed by atoms with Gasteiger partial charge in [0.15, 0.2) is 0 Å². The molecule has 0 saturated heterocycles. The molecule has 146 valence electrons. The average molecular weight is 379 g/mol. The molecule has 0 spiro atoms. The highest BCUT2D eigenvalue weighted by molar-refractivity contribution is 5.80. The van der Waals surface area contributed by atoms with Crippen LogP contribution in [0.3, 0.4) is 0 Å². The zero-order valence-corrected chi connectivity index (χ0v) is 16.0. The van der Waals surface area contributed by atoms with Crippen LogP contribution in [0.4, 0.5) is 4.39 Å². The number of halogens is 1.